The van der Waals surface area contributed by atoms with Crippen molar-refractivity contribution in [2.75, 3.05) is 30.3 Å². The maximum atomic E-state index is 14.1. The van der Waals surface area contributed by atoms with E-state index < -0.39 is 10.0 Å². The van der Waals surface area contributed by atoms with Gasteiger partial charge in [-0.2, -0.15) is 4.31 Å². The third kappa shape index (κ3) is 6.25. The second kappa shape index (κ2) is 11.4. The van der Waals surface area contributed by atoms with Crippen molar-refractivity contribution in [2.24, 2.45) is 12.5 Å². The van der Waals surface area contributed by atoms with Crippen LogP contribution in [0, 0.1) is 5.41 Å². The van der Waals surface area contributed by atoms with Crippen molar-refractivity contribution in [3.8, 4) is 0 Å². The van der Waals surface area contributed by atoms with Gasteiger partial charge in [-0.15, -0.1) is 0 Å². The fourth-order valence-corrected chi connectivity index (χ4v) is 7.87. The molecule has 0 amide bonds. The Bertz CT molecular complexity index is 1340. The highest BCUT2D eigenvalue weighted by atomic mass is 35.5. The molecule has 9 heteroatoms. The lowest BCUT2D eigenvalue weighted by molar-refractivity contribution is 0.219. The van der Waals surface area contributed by atoms with Crippen molar-refractivity contribution in [1.82, 2.24) is 19.2 Å². The van der Waals surface area contributed by atoms with Gasteiger partial charge in [0.05, 0.1) is 24.3 Å². The van der Waals surface area contributed by atoms with E-state index in [1.807, 2.05) is 54.2 Å². The van der Waals surface area contributed by atoms with Crippen LogP contribution in [-0.4, -0.2) is 53.7 Å². The van der Waals surface area contributed by atoms with Crippen molar-refractivity contribution < 1.29 is 8.42 Å². The predicted octanol–water partition coefficient (Wildman–Crippen LogP) is 4.62. The van der Waals surface area contributed by atoms with Gasteiger partial charge < -0.3 is 14.8 Å². The Morgan fingerprint density at radius 3 is 2.61 bits per heavy atom. The maximum absolute atomic E-state index is 14.1. The van der Waals surface area contributed by atoms with Gasteiger partial charge in [0.1, 0.15) is 0 Å². The molecule has 1 fully saturated rings. The first-order chi connectivity index (χ1) is 18.2. The highest BCUT2D eigenvalue weighted by molar-refractivity contribution is 7.89. The normalized spacial score (nSPS) is 20.2. The van der Waals surface area contributed by atoms with Crippen LogP contribution in [0.4, 0.5) is 5.69 Å². The third-order valence-electron chi connectivity index (χ3n) is 8.26. The zero-order chi connectivity index (χ0) is 26.8. The van der Waals surface area contributed by atoms with Gasteiger partial charge in [0.25, 0.3) is 0 Å². The number of fused-ring (bicyclic) bond motifs is 1. The first-order valence-corrected chi connectivity index (χ1v) is 15.4. The third-order valence-corrected chi connectivity index (χ3v) is 10.4. The first-order valence-electron chi connectivity index (χ1n) is 13.5. The first kappa shape index (κ1) is 27.2. The second-order valence-corrected chi connectivity index (χ2v) is 13.6. The van der Waals surface area contributed by atoms with E-state index in [4.69, 9.17) is 11.6 Å². The SMILES string of the molecule is Cn1cncc1CN1C[C@@H](Cc2ccccc2)N(S(=O)(=O)CCC2(C)CCNCC2)Cc2cc(Cl)ccc21. The number of hydrogen-bond donors (Lipinski definition) is 1. The van der Waals surface area contributed by atoms with Crippen LogP contribution in [0.3, 0.4) is 0 Å². The van der Waals surface area contributed by atoms with Crippen LogP contribution in [0.2, 0.25) is 5.02 Å². The van der Waals surface area contributed by atoms with Crippen LogP contribution in [0.5, 0.6) is 0 Å². The van der Waals surface area contributed by atoms with Crippen LogP contribution in [0.15, 0.2) is 61.1 Å². The van der Waals surface area contributed by atoms with Crippen molar-refractivity contribution in [3.05, 3.63) is 82.9 Å². The molecule has 1 saturated heterocycles. The zero-order valence-corrected chi connectivity index (χ0v) is 23.9. The average Bonchev–Trinajstić information content (AvgIpc) is 3.23. The molecule has 0 spiro atoms. The van der Waals surface area contributed by atoms with E-state index in [9.17, 15) is 8.42 Å². The van der Waals surface area contributed by atoms with Crippen LogP contribution in [0.1, 0.15) is 43.0 Å². The summed E-state index contributed by atoms with van der Waals surface area (Å²) >= 11 is 6.45. The van der Waals surface area contributed by atoms with Gasteiger partial charge in [-0.1, -0.05) is 48.9 Å². The molecule has 2 aliphatic rings. The number of halogens is 1. The summed E-state index contributed by atoms with van der Waals surface area (Å²) < 4.78 is 32.1. The summed E-state index contributed by atoms with van der Waals surface area (Å²) in [5.74, 6) is 0.159. The number of anilines is 1. The summed E-state index contributed by atoms with van der Waals surface area (Å²) in [5, 5.41) is 4.02. The molecule has 3 aromatic rings. The summed E-state index contributed by atoms with van der Waals surface area (Å²) in [7, 11) is -1.55. The van der Waals surface area contributed by atoms with Gasteiger partial charge in [0.2, 0.25) is 10.0 Å². The standard InChI is InChI=1S/C29H38ClN5O2S/c1-29(10-13-31-14-11-29)12-15-38(36,37)35-19-24-17-25(30)8-9-28(24)34(21-27-18-32-22-33(27)2)20-26(35)16-23-6-4-3-5-7-23/h3-9,17-18,22,26,31H,10-16,19-21H2,1-2H3/t26-/m1/s1. The Labute approximate surface area is 231 Å². The highest BCUT2D eigenvalue weighted by Gasteiger charge is 2.37. The Morgan fingerprint density at radius 2 is 1.89 bits per heavy atom. The van der Waals surface area contributed by atoms with Crippen LogP contribution in [-0.2, 0) is 36.6 Å². The molecule has 2 aliphatic heterocycles. The minimum atomic E-state index is -3.54. The van der Waals surface area contributed by atoms with E-state index in [1.165, 1.54) is 0 Å². The minimum absolute atomic E-state index is 0.0475. The Kier molecular flexibility index (Phi) is 8.14. The molecule has 7 nitrogen and oxygen atoms in total. The summed E-state index contributed by atoms with van der Waals surface area (Å²) in [6, 6.07) is 15.8. The van der Waals surface area contributed by atoms with Gasteiger partial charge in [0, 0.05) is 43.1 Å². The van der Waals surface area contributed by atoms with E-state index >= 15 is 0 Å². The molecule has 3 heterocycles. The van der Waals surface area contributed by atoms with Gasteiger partial charge in [0.15, 0.2) is 0 Å². The van der Waals surface area contributed by atoms with E-state index in [-0.39, 0.29) is 17.2 Å². The number of hydrogen-bond acceptors (Lipinski definition) is 5. The Balaban J connectivity index is 1.50. The number of rotatable bonds is 8. The molecule has 1 aromatic heterocycles. The molecule has 1 atom stereocenters. The lowest BCUT2D eigenvalue weighted by Crippen LogP contribution is -2.47. The van der Waals surface area contributed by atoms with E-state index in [0.717, 1.165) is 48.4 Å². The van der Waals surface area contributed by atoms with Gasteiger partial charge in [-0.05, 0) is 73.5 Å². The van der Waals surface area contributed by atoms with Crippen LogP contribution < -0.4 is 10.2 Å². The van der Waals surface area contributed by atoms with Crippen molar-refractivity contribution >= 4 is 27.3 Å². The van der Waals surface area contributed by atoms with Crippen LogP contribution in [0.25, 0.3) is 0 Å². The van der Waals surface area contributed by atoms with Crippen molar-refractivity contribution in [3.63, 3.8) is 0 Å². The number of nitrogens with one attached hydrogen (secondary N) is 1. The molecular weight excluding hydrogens is 518 g/mol. The summed E-state index contributed by atoms with van der Waals surface area (Å²) in [6.45, 7) is 5.66. The number of aryl methyl sites for hydroxylation is 1. The Hall–Kier alpha value is -2.39. The monoisotopic (exact) mass is 555 g/mol. The second-order valence-electron chi connectivity index (χ2n) is 11.2. The number of aromatic nitrogens is 2. The number of sulfonamides is 1. The molecule has 38 heavy (non-hydrogen) atoms. The van der Waals surface area contributed by atoms with E-state index in [1.54, 1.807) is 10.6 Å². The molecule has 204 valence electrons. The van der Waals surface area contributed by atoms with Gasteiger partial charge in [-0.25, -0.2) is 13.4 Å². The van der Waals surface area contributed by atoms with Crippen molar-refractivity contribution in [2.45, 2.75) is 51.7 Å². The van der Waals surface area contributed by atoms with Gasteiger partial charge >= 0.3 is 0 Å². The molecule has 0 aliphatic carbocycles. The predicted molar refractivity (Wildman–Crippen MR) is 154 cm³/mol. The summed E-state index contributed by atoms with van der Waals surface area (Å²) in [4.78, 5) is 6.59. The molecule has 0 unspecified atom stereocenters. The molecule has 0 saturated carbocycles. The zero-order valence-electron chi connectivity index (χ0n) is 22.3. The number of nitrogens with zero attached hydrogens (tertiary/aromatic N) is 4. The average molecular weight is 556 g/mol. The number of piperidine rings is 1. The highest BCUT2D eigenvalue weighted by Crippen LogP contribution is 2.36. The smallest absolute Gasteiger partial charge is 0.214 e. The molecule has 5 rings (SSSR count). The minimum Gasteiger partial charge on any atom is -0.364 e. The van der Waals surface area contributed by atoms with Crippen LogP contribution >= 0.6 is 11.6 Å². The quantitative estimate of drug-likeness (QED) is 0.439. The topological polar surface area (TPSA) is 70.5 Å². The summed E-state index contributed by atoms with van der Waals surface area (Å²) in [5.41, 5.74) is 4.21. The molecular formula is C29H38ClN5O2S. The summed E-state index contributed by atoms with van der Waals surface area (Å²) in [6.07, 6.45) is 7.01. The Morgan fingerprint density at radius 1 is 1.13 bits per heavy atom. The van der Waals surface area contributed by atoms with E-state index in [0.29, 0.717) is 37.5 Å². The molecule has 1 N–H and O–H groups in total. The fraction of sp³-hybridized carbons (Fsp3) is 0.483. The largest absolute Gasteiger partial charge is 0.364 e. The van der Waals surface area contributed by atoms with Gasteiger partial charge in [-0.3, -0.25) is 0 Å². The molecule has 2 aromatic carbocycles. The molecule has 0 bridgehead atoms. The number of benzene rings is 2. The molecule has 0 radical (unpaired) electrons. The fourth-order valence-electron chi connectivity index (χ4n) is 5.76. The lowest BCUT2D eigenvalue weighted by atomic mass is 9.79. The maximum Gasteiger partial charge on any atom is 0.214 e. The lowest BCUT2D eigenvalue weighted by Gasteiger charge is -2.36. The number of imidazole rings is 1. The van der Waals surface area contributed by atoms with Crippen molar-refractivity contribution in [1.29, 1.82) is 0 Å². The van der Waals surface area contributed by atoms with E-state index in [2.05, 4.69) is 34.3 Å².